The molecule has 3 nitrogen and oxygen atoms in total. The van der Waals surface area contributed by atoms with E-state index in [1.165, 1.54) is 12.8 Å². The van der Waals surface area contributed by atoms with Gasteiger partial charge in [0.1, 0.15) is 0 Å². The summed E-state index contributed by atoms with van der Waals surface area (Å²) in [5.74, 6) is 0.865. The van der Waals surface area contributed by atoms with Crippen LogP contribution in [0.2, 0.25) is 0 Å². The molecule has 1 saturated heterocycles. The summed E-state index contributed by atoms with van der Waals surface area (Å²) in [5, 5.41) is 3.41. The second kappa shape index (κ2) is 4.61. The first kappa shape index (κ1) is 10.5. The second-order valence-electron chi connectivity index (χ2n) is 4.17. The molecule has 0 aromatic carbocycles. The van der Waals surface area contributed by atoms with Crippen LogP contribution in [-0.2, 0) is 4.79 Å². The van der Waals surface area contributed by atoms with E-state index in [9.17, 15) is 4.79 Å². The summed E-state index contributed by atoms with van der Waals surface area (Å²) in [7, 11) is 3.63. The number of rotatable bonds is 2. The van der Waals surface area contributed by atoms with Crippen molar-refractivity contribution in [3.63, 3.8) is 0 Å². The molecule has 1 heterocycles. The van der Waals surface area contributed by atoms with Gasteiger partial charge >= 0.3 is 0 Å². The van der Waals surface area contributed by atoms with Crippen molar-refractivity contribution in [2.24, 2.45) is 5.92 Å². The molecule has 1 rings (SSSR count). The summed E-state index contributed by atoms with van der Waals surface area (Å²) in [6.45, 7) is 3.29. The van der Waals surface area contributed by atoms with Crippen molar-refractivity contribution in [1.29, 1.82) is 0 Å². The Balaban J connectivity index is 2.38. The maximum absolute atomic E-state index is 11.4. The highest BCUT2D eigenvalue weighted by Gasteiger charge is 2.23. The molecule has 1 aliphatic heterocycles. The van der Waals surface area contributed by atoms with Crippen molar-refractivity contribution in [1.82, 2.24) is 10.2 Å². The zero-order chi connectivity index (χ0) is 9.84. The third kappa shape index (κ3) is 2.99. The van der Waals surface area contributed by atoms with E-state index in [-0.39, 0.29) is 5.91 Å². The Kier molecular flexibility index (Phi) is 3.72. The van der Waals surface area contributed by atoms with Crippen LogP contribution in [0.1, 0.15) is 26.2 Å². The quantitative estimate of drug-likeness (QED) is 0.690. The van der Waals surface area contributed by atoms with E-state index in [2.05, 4.69) is 12.2 Å². The smallest absolute Gasteiger partial charge is 0.223 e. The first-order valence-electron chi connectivity index (χ1n) is 5.05. The van der Waals surface area contributed by atoms with E-state index in [4.69, 9.17) is 0 Å². The first-order valence-corrected chi connectivity index (χ1v) is 5.05. The van der Waals surface area contributed by atoms with E-state index < -0.39 is 0 Å². The maximum atomic E-state index is 11.4. The number of amides is 1. The third-order valence-corrected chi connectivity index (χ3v) is 2.82. The fraction of sp³-hybridized carbons (Fsp3) is 0.900. The third-order valence-electron chi connectivity index (χ3n) is 2.82. The van der Waals surface area contributed by atoms with Crippen LogP contribution in [0.25, 0.3) is 0 Å². The Hall–Kier alpha value is -0.570. The molecule has 0 aromatic heterocycles. The van der Waals surface area contributed by atoms with Gasteiger partial charge in [-0.05, 0) is 25.3 Å². The molecule has 2 unspecified atom stereocenters. The highest BCUT2D eigenvalue weighted by molar-refractivity contribution is 5.76. The average Bonchev–Trinajstić information content (AvgIpc) is 2.08. The number of carbonyl (C=O) groups is 1. The second-order valence-corrected chi connectivity index (χ2v) is 4.17. The molecule has 0 bridgehead atoms. The lowest BCUT2D eigenvalue weighted by atomic mass is 9.90. The van der Waals surface area contributed by atoms with Crippen LogP contribution in [0.5, 0.6) is 0 Å². The van der Waals surface area contributed by atoms with Crippen molar-refractivity contribution < 1.29 is 4.79 Å². The zero-order valence-electron chi connectivity index (χ0n) is 8.84. The number of nitrogens with one attached hydrogen (secondary N) is 1. The van der Waals surface area contributed by atoms with Crippen molar-refractivity contribution in [3.8, 4) is 0 Å². The van der Waals surface area contributed by atoms with Gasteiger partial charge in [0.15, 0.2) is 0 Å². The number of carbonyl (C=O) groups excluding carboxylic acids is 1. The van der Waals surface area contributed by atoms with Gasteiger partial charge in [-0.2, -0.15) is 0 Å². The topological polar surface area (TPSA) is 32.3 Å². The minimum atomic E-state index is 0.228. The van der Waals surface area contributed by atoms with E-state index in [1.54, 1.807) is 4.90 Å². The van der Waals surface area contributed by atoms with Crippen LogP contribution in [0.4, 0.5) is 0 Å². The summed E-state index contributed by atoms with van der Waals surface area (Å²) >= 11 is 0. The molecule has 1 fully saturated rings. The van der Waals surface area contributed by atoms with E-state index in [0.717, 1.165) is 6.54 Å². The lowest BCUT2D eigenvalue weighted by molar-refractivity contribution is -0.129. The van der Waals surface area contributed by atoms with Crippen molar-refractivity contribution in [2.45, 2.75) is 32.2 Å². The molecular formula is C10H20N2O. The molecule has 3 heteroatoms. The SMILES string of the molecule is CC1CCCNC1CC(=O)N(C)C. The molecular weight excluding hydrogens is 164 g/mol. The van der Waals surface area contributed by atoms with Crippen LogP contribution in [0.15, 0.2) is 0 Å². The molecule has 13 heavy (non-hydrogen) atoms. The summed E-state index contributed by atoms with van der Waals surface area (Å²) in [5.41, 5.74) is 0. The standard InChI is InChI=1S/C10H20N2O/c1-8-5-4-6-11-9(8)7-10(13)12(2)3/h8-9,11H,4-7H2,1-3H3. The molecule has 0 radical (unpaired) electrons. The minimum absolute atomic E-state index is 0.228. The predicted molar refractivity (Wildman–Crippen MR) is 53.5 cm³/mol. The Bertz CT molecular complexity index is 180. The van der Waals surface area contributed by atoms with Gasteiger partial charge in [0.25, 0.3) is 0 Å². The fourth-order valence-corrected chi connectivity index (χ4v) is 1.76. The summed E-state index contributed by atoms with van der Waals surface area (Å²) < 4.78 is 0. The van der Waals surface area contributed by atoms with E-state index in [1.807, 2.05) is 14.1 Å². The van der Waals surface area contributed by atoms with Gasteiger partial charge in [-0.1, -0.05) is 6.92 Å². The molecule has 1 aliphatic rings. The van der Waals surface area contributed by atoms with Gasteiger partial charge in [0, 0.05) is 26.6 Å². The molecule has 0 saturated carbocycles. The van der Waals surface area contributed by atoms with Gasteiger partial charge in [-0.25, -0.2) is 0 Å². The minimum Gasteiger partial charge on any atom is -0.349 e. The molecule has 0 aliphatic carbocycles. The first-order chi connectivity index (χ1) is 6.11. The van der Waals surface area contributed by atoms with Crippen molar-refractivity contribution in [2.75, 3.05) is 20.6 Å². The Morgan fingerprint density at radius 2 is 2.23 bits per heavy atom. The maximum Gasteiger partial charge on any atom is 0.223 e. The molecule has 2 atom stereocenters. The Morgan fingerprint density at radius 3 is 2.77 bits per heavy atom. The number of piperidine rings is 1. The zero-order valence-corrected chi connectivity index (χ0v) is 8.84. The number of nitrogens with zero attached hydrogens (tertiary/aromatic N) is 1. The largest absolute Gasteiger partial charge is 0.349 e. The normalized spacial score (nSPS) is 28.5. The Labute approximate surface area is 80.5 Å². The fourth-order valence-electron chi connectivity index (χ4n) is 1.76. The highest BCUT2D eigenvalue weighted by atomic mass is 16.2. The van der Waals surface area contributed by atoms with Crippen LogP contribution in [0.3, 0.4) is 0 Å². The molecule has 1 N–H and O–H groups in total. The van der Waals surface area contributed by atoms with Crippen LogP contribution in [-0.4, -0.2) is 37.5 Å². The van der Waals surface area contributed by atoms with Crippen LogP contribution in [0, 0.1) is 5.92 Å². The van der Waals surface area contributed by atoms with Gasteiger partial charge in [0.2, 0.25) is 5.91 Å². The predicted octanol–water partition coefficient (Wildman–Crippen LogP) is 0.853. The molecule has 76 valence electrons. The molecule has 0 aromatic rings. The van der Waals surface area contributed by atoms with Crippen molar-refractivity contribution >= 4 is 5.91 Å². The van der Waals surface area contributed by atoms with Crippen molar-refractivity contribution in [3.05, 3.63) is 0 Å². The van der Waals surface area contributed by atoms with E-state index >= 15 is 0 Å². The lowest BCUT2D eigenvalue weighted by Crippen LogP contribution is -2.43. The van der Waals surface area contributed by atoms with Gasteiger partial charge < -0.3 is 10.2 Å². The highest BCUT2D eigenvalue weighted by Crippen LogP contribution is 2.18. The van der Waals surface area contributed by atoms with Gasteiger partial charge in [-0.15, -0.1) is 0 Å². The van der Waals surface area contributed by atoms with E-state index in [0.29, 0.717) is 18.4 Å². The summed E-state index contributed by atoms with van der Waals surface area (Å²) in [6.07, 6.45) is 3.14. The number of hydrogen-bond donors (Lipinski definition) is 1. The van der Waals surface area contributed by atoms with Gasteiger partial charge in [-0.3, -0.25) is 4.79 Å². The Morgan fingerprint density at radius 1 is 1.54 bits per heavy atom. The lowest BCUT2D eigenvalue weighted by Gasteiger charge is -2.30. The average molecular weight is 184 g/mol. The number of hydrogen-bond acceptors (Lipinski definition) is 2. The monoisotopic (exact) mass is 184 g/mol. The molecule has 0 spiro atoms. The summed E-state index contributed by atoms with van der Waals surface area (Å²) in [4.78, 5) is 13.1. The van der Waals surface area contributed by atoms with Crippen LogP contribution < -0.4 is 5.32 Å². The van der Waals surface area contributed by atoms with Crippen LogP contribution >= 0.6 is 0 Å². The summed E-state index contributed by atoms with van der Waals surface area (Å²) in [6, 6.07) is 0.392. The van der Waals surface area contributed by atoms with Gasteiger partial charge in [0.05, 0.1) is 0 Å². The molecule has 1 amide bonds.